The zero-order valence-electron chi connectivity index (χ0n) is 37.4. The molecule has 0 bridgehead atoms. The lowest BCUT2D eigenvalue weighted by molar-refractivity contribution is 0.552. The molecule has 2 aliphatic carbocycles. The maximum Gasteiger partial charge on any atom is 0.0635 e. The lowest BCUT2D eigenvalue weighted by atomic mass is 9.67. The van der Waals surface area contributed by atoms with Crippen molar-refractivity contribution in [3.63, 3.8) is 0 Å². The van der Waals surface area contributed by atoms with Crippen molar-refractivity contribution in [2.24, 2.45) is 5.92 Å². The average molecular weight is 805 g/mol. The van der Waals surface area contributed by atoms with Gasteiger partial charge >= 0.3 is 0 Å². The molecule has 11 rings (SSSR count). The Morgan fingerprint density at radius 3 is 1.61 bits per heavy atom. The van der Waals surface area contributed by atoms with Gasteiger partial charge in [-0.05, 0) is 145 Å². The lowest BCUT2D eigenvalue weighted by Gasteiger charge is -2.39. The highest BCUT2D eigenvalue weighted by atomic mass is 15.2. The van der Waals surface area contributed by atoms with Crippen LogP contribution in [0.15, 0.2) is 175 Å². The van der Waals surface area contributed by atoms with Crippen LogP contribution >= 0.6 is 0 Å². The molecule has 0 saturated carbocycles. The van der Waals surface area contributed by atoms with Gasteiger partial charge in [0.05, 0.1) is 17.1 Å². The highest BCUT2D eigenvalue weighted by Crippen LogP contribution is 2.56. The summed E-state index contributed by atoms with van der Waals surface area (Å²) in [5.74, 6) is 0.967. The Morgan fingerprint density at radius 2 is 1.00 bits per heavy atom. The Bertz CT molecular complexity index is 3090. The predicted molar refractivity (Wildman–Crippen MR) is 264 cm³/mol. The summed E-state index contributed by atoms with van der Waals surface area (Å²) in [6, 6.07) is 59.9. The van der Waals surface area contributed by atoms with E-state index in [-0.39, 0.29) is 22.8 Å². The first-order valence-corrected chi connectivity index (χ1v) is 22.7. The predicted octanol–water partition coefficient (Wildman–Crippen LogP) is 16.1. The molecular weight excluding hydrogens is 749 g/mol. The number of nitrogens with zero attached hydrogens (tertiary/aromatic N) is 2. The van der Waals surface area contributed by atoms with Gasteiger partial charge in [0.2, 0.25) is 0 Å². The second-order valence-corrected chi connectivity index (χ2v) is 20.3. The molecule has 2 heteroatoms. The summed E-state index contributed by atoms with van der Waals surface area (Å²) in [5, 5.41) is 2.62. The third-order valence-corrected chi connectivity index (χ3v) is 14.5. The van der Waals surface area contributed by atoms with E-state index < -0.39 is 0 Å². The van der Waals surface area contributed by atoms with Crippen LogP contribution < -0.4 is 4.90 Å². The minimum Gasteiger partial charge on any atom is -0.333 e. The van der Waals surface area contributed by atoms with E-state index in [2.05, 4.69) is 235 Å². The Hall–Kier alpha value is -6.38. The molecule has 1 aliphatic heterocycles. The Kier molecular flexibility index (Phi) is 8.75. The van der Waals surface area contributed by atoms with Gasteiger partial charge in [-0.2, -0.15) is 0 Å². The first kappa shape index (κ1) is 38.5. The van der Waals surface area contributed by atoms with E-state index in [1.54, 1.807) is 0 Å². The molecule has 306 valence electrons. The monoisotopic (exact) mass is 804 g/mol. The standard InChI is InChI=1S/C60H56N2/c1-37-38(2)48-34-54-52-32-42(40-21-27-44(28-22-40)60(6,7)8)24-30-56(52)62(46-17-13-10-14-18-46)58(54)36-50(48)49-35-57-53(33-47(37)49)51-31-41(39-19-25-43(26-20-39)59(3,4)5)23-29-55(51)61(57)45-15-11-9-12-16-45/h9-38,53,57H,1-8H3. The highest BCUT2D eigenvalue weighted by Gasteiger charge is 2.43. The van der Waals surface area contributed by atoms with Gasteiger partial charge in [-0.3, -0.25) is 0 Å². The first-order chi connectivity index (χ1) is 29.8. The molecule has 0 spiro atoms. The zero-order chi connectivity index (χ0) is 42.7. The summed E-state index contributed by atoms with van der Waals surface area (Å²) in [4.78, 5) is 2.60. The first-order valence-electron chi connectivity index (χ1n) is 22.7. The summed E-state index contributed by atoms with van der Waals surface area (Å²) in [7, 11) is 0. The van der Waals surface area contributed by atoms with E-state index in [1.165, 1.54) is 100 Å². The van der Waals surface area contributed by atoms with Gasteiger partial charge in [0.15, 0.2) is 0 Å². The summed E-state index contributed by atoms with van der Waals surface area (Å²) in [6.45, 7) is 18.6. The minimum absolute atomic E-state index is 0.118. The molecule has 0 amide bonds. The van der Waals surface area contributed by atoms with Crippen molar-refractivity contribution in [1.82, 2.24) is 4.57 Å². The van der Waals surface area contributed by atoms with Gasteiger partial charge in [0, 0.05) is 33.8 Å². The molecule has 2 nitrogen and oxygen atoms in total. The van der Waals surface area contributed by atoms with Crippen LogP contribution in [-0.2, 0) is 10.8 Å². The van der Waals surface area contributed by atoms with Crippen LogP contribution in [0.5, 0.6) is 0 Å². The van der Waals surface area contributed by atoms with Crippen molar-refractivity contribution < 1.29 is 0 Å². The molecule has 1 aromatic heterocycles. The number of benzene rings is 7. The lowest BCUT2D eigenvalue weighted by Crippen LogP contribution is -2.32. The molecule has 62 heavy (non-hydrogen) atoms. The van der Waals surface area contributed by atoms with Crippen LogP contribution in [-0.4, -0.2) is 10.6 Å². The number of rotatable bonds is 4. The second kappa shape index (κ2) is 14.1. The molecule has 7 aromatic carbocycles. The molecule has 8 aromatic rings. The summed E-state index contributed by atoms with van der Waals surface area (Å²) < 4.78 is 2.49. The third-order valence-electron chi connectivity index (χ3n) is 14.5. The van der Waals surface area contributed by atoms with Crippen molar-refractivity contribution in [2.45, 2.75) is 84.1 Å². The van der Waals surface area contributed by atoms with Crippen LogP contribution in [0.1, 0.15) is 95.0 Å². The molecular formula is C60H56N2. The molecule has 3 aliphatic rings. The van der Waals surface area contributed by atoms with E-state index in [0.717, 1.165) is 0 Å². The fourth-order valence-electron chi connectivity index (χ4n) is 10.8. The number of para-hydroxylation sites is 2. The van der Waals surface area contributed by atoms with E-state index in [9.17, 15) is 0 Å². The van der Waals surface area contributed by atoms with Gasteiger partial charge < -0.3 is 9.47 Å². The van der Waals surface area contributed by atoms with Gasteiger partial charge in [0.25, 0.3) is 0 Å². The van der Waals surface area contributed by atoms with Gasteiger partial charge in [-0.25, -0.2) is 0 Å². The van der Waals surface area contributed by atoms with Gasteiger partial charge in [0.1, 0.15) is 0 Å². The molecule has 4 unspecified atom stereocenters. The minimum atomic E-state index is 0.118. The second-order valence-electron chi connectivity index (χ2n) is 20.3. The molecule has 0 radical (unpaired) electrons. The van der Waals surface area contributed by atoms with Crippen LogP contribution in [0.25, 0.3) is 55.3 Å². The van der Waals surface area contributed by atoms with E-state index in [4.69, 9.17) is 0 Å². The largest absolute Gasteiger partial charge is 0.333 e. The zero-order valence-corrected chi connectivity index (χ0v) is 37.4. The highest BCUT2D eigenvalue weighted by molar-refractivity contribution is 6.12. The number of allylic oxidation sites excluding steroid dienone is 2. The Balaban J connectivity index is 1.08. The van der Waals surface area contributed by atoms with Crippen molar-refractivity contribution >= 4 is 38.8 Å². The molecule has 2 heterocycles. The fourth-order valence-corrected chi connectivity index (χ4v) is 10.8. The Morgan fingerprint density at radius 1 is 0.452 bits per heavy atom. The van der Waals surface area contributed by atoms with Gasteiger partial charge in [-0.1, -0.05) is 165 Å². The van der Waals surface area contributed by atoms with Crippen LogP contribution in [0.2, 0.25) is 0 Å². The van der Waals surface area contributed by atoms with E-state index >= 15 is 0 Å². The summed E-state index contributed by atoms with van der Waals surface area (Å²) in [5.41, 5.74) is 21.3. The Labute approximate surface area is 367 Å². The maximum absolute atomic E-state index is 2.66. The summed E-state index contributed by atoms with van der Waals surface area (Å²) in [6.07, 6.45) is 5.29. The smallest absolute Gasteiger partial charge is 0.0635 e. The number of hydrogen-bond acceptors (Lipinski definition) is 1. The van der Waals surface area contributed by atoms with Crippen LogP contribution in [0.4, 0.5) is 11.4 Å². The maximum atomic E-state index is 2.66. The van der Waals surface area contributed by atoms with Crippen molar-refractivity contribution in [2.75, 3.05) is 4.90 Å². The number of aromatic nitrogens is 1. The normalized spacial score (nSPS) is 19.5. The number of anilines is 2. The van der Waals surface area contributed by atoms with Gasteiger partial charge in [-0.15, -0.1) is 0 Å². The number of hydrogen-bond donors (Lipinski definition) is 0. The van der Waals surface area contributed by atoms with Crippen LogP contribution in [0.3, 0.4) is 0 Å². The van der Waals surface area contributed by atoms with Crippen molar-refractivity contribution in [3.8, 4) is 27.9 Å². The van der Waals surface area contributed by atoms with E-state index in [0.29, 0.717) is 11.8 Å². The molecule has 4 atom stereocenters. The fraction of sp³-hybridized carbons (Fsp3) is 0.233. The van der Waals surface area contributed by atoms with Crippen LogP contribution in [0, 0.1) is 5.92 Å². The average Bonchev–Trinajstić information content (AvgIpc) is 3.78. The molecule has 0 saturated heterocycles. The topological polar surface area (TPSA) is 8.17 Å². The molecule has 0 fully saturated rings. The third kappa shape index (κ3) is 6.13. The quantitative estimate of drug-likeness (QED) is 0.172. The number of fused-ring (bicyclic) bond motifs is 9. The van der Waals surface area contributed by atoms with E-state index in [1.807, 2.05) is 0 Å². The van der Waals surface area contributed by atoms with Crippen molar-refractivity contribution in [1.29, 1.82) is 0 Å². The summed E-state index contributed by atoms with van der Waals surface area (Å²) >= 11 is 0. The SMILES string of the molecule is CC1C2=CC3c4cc(-c5ccc(C(C)(C)C)cc5)ccc4N(c4ccccc4)C3C=C2c2cc3c(cc2C1C)c1cc(-c2ccc(C(C)(C)C)cc2)ccc1n3-c1ccccc1. The van der Waals surface area contributed by atoms with Crippen molar-refractivity contribution in [3.05, 3.63) is 203 Å². The molecule has 0 N–H and O–H groups in total.